The number of ether oxygens (including phenoxy) is 2. The fourth-order valence-electron chi connectivity index (χ4n) is 2.96. The van der Waals surface area contributed by atoms with Crippen LogP contribution in [-0.4, -0.2) is 48.3 Å². The lowest BCUT2D eigenvalue weighted by molar-refractivity contribution is -0.143. The lowest BCUT2D eigenvalue weighted by Gasteiger charge is -2.34. The maximum absolute atomic E-state index is 11.0. The van der Waals surface area contributed by atoms with E-state index in [1.807, 2.05) is 25.1 Å². The van der Waals surface area contributed by atoms with Crippen LogP contribution >= 0.6 is 0 Å². The van der Waals surface area contributed by atoms with E-state index in [1.54, 1.807) is 0 Å². The summed E-state index contributed by atoms with van der Waals surface area (Å²) in [5, 5.41) is 9.01. The van der Waals surface area contributed by atoms with Gasteiger partial charge in [-0.15, -0.1) is 0 Å². The quantitative estimate of drug-likeness (QED) is 0.922. The Kier molecular flexibility index (Phi) is 4.01. The highest BCUT2D eigenvalue weighted by atomic mass is 16.6. The Hall–Kier alpha value is -1.75. The Morgan fingerprint density at radius 3 is 2.81 bits per heavy atom. The van der Waals surface area contributed by atoms with E-state index in [1.165, 1.54) is 0 Å². The van der Waals surface area contributed by atoms with Crippen molar-refractivity contribution in [2.24, 2.45) is 5.92 Å². The second-order valence-electron chi connectivity index (χ2n) is 5.91. The van der Waals surface area contributed by atoms with Crippen molar-refractivity contribution in [1.29, 1.82) is 0 Å². The van der Waals surface area contributed by atoms with Crippen molar-refractivity contribution in [3.63, 3.8) is 0 Å². The fraction of sp³-hybridized carbons (Fsp3) is 0.562. The molecule has 3 rings (SSSR count). The summed E-state index contributed by atoms with van der Waals surface area (Å²) in [6, 6.07) is 5.96. The number of piperidine rings is 1. The molecular formula is C16H21NO4. The number of likely N-dealkylation sites (tertiary alicyclic amines) is 1. The molecule has 1 atom stereocenters. The number of aliphatic carboxylic acids is 1. The van der Waals surface area contributed by atoms with Crippen LogP contribution in [0.2, 0.25) is 0 Å². The number of rotatable bonds is 3. The summed E-state index contributed by atoms with van der Waals surface area (Å²) in [7, 11) is 0. The number of fused-ring (bicyclic) bond motifs is 1. The number of nitrogens with zero attached hydrogens (tertiary/aromatic N) is 1. The van der Waals surface area contributed by atoms with Crippen LogP contribution in [0.1, 0.15) is 18.4 Å². The average molecular weight is 291 g/mol. The largest absolute Gasteiger partial charge is 0.486 e. The van der Waals surface area contributed by atoms with Crippen LogP contribution in [0.4, 0.5) is 0 Å². The first-order valence-corrected chi connectivity index (χ1v) is 7.47. The summed E-state index contributed by atoms with van der Waals surface area (Å²) in [5.41, 5.74) is 1.16. The molecule has 5 heteroatoms. The molecule has 1 aromatic rings. The first kappa shape index (κ1) is 14.2. The van der Waals surface area contributed by atoms with Crippen molar-refractivity contribution in [3.8, 4) is 11.5 Å². The van der Waals surface area contributed by atoms with E-state index < -0.39 is 5.97 Å². The lowest BCUT2D eigenvalue weighted by atomic mass is 9.97. The van der Waals surface area contributed by atoms with Crippen molar-refractivity contribution in [3.05, 3.63) is 23.8 Å². The molecule has 0 radical (unpaired) electrons. The molecule has 0 aromatic heterocycles. The van der Waals surface area contributed by atoms with Gasteiger partial charge in [0.15, 0.2) is 11.5 Å². The van der Waals surface area contributed by atoms with E-state index >= 15 is 0 Å². The molecule has 1 N–H and O–H groups in total. The van der Waals surface area contributed by atoms with Crippen molar-refractivity contribution < 1.29 is 19.4 Å². The SMILES string of the molecule is Cc1ccc2c(c1)OCC(CN1CCC(C(=O)O)CC1)O2. The van der Waals surface area contributed by atoms with E-state index in [2.05, 4.69) is 4.90 Å². The van der Waals surface area contributed by atoms with Gasteiger partial charge in [-0.25, -0.2) is 0 Å². The van der Waals surface area contributed by atoms with Crippen molar-refractivity contribution in [1.82, 2.24) is 4.90 Å². The van der Waals surface area contributed by atoms with Gasteiger partial charge in [-0.1, -0.05) is 6.07 Å². The number of carbonyl (C=O) groups is 1. The predicted molar refractivity (Wildman–Crippen MR) is 77.9 cm³/mol. The zero-order chi connectivity index (χ0) is 14.8. The summed E-state index contributed by atoms with van der Waals surface area (Å²) < 4.78 is 11.8. The van der Waals surface area contributed by atoms with E-state index in [-0.39, 0.29) is 12.0 Å². The Bertz CT molecular complexity index is 523. The molecule has 5 nitrogen and oxygen atoms in total. The first-order valence-electron chi connectivity index (χ1n) is 7.47. The van der Waals surface area contributed by atoms with Gasteiger partial charge in [0.2, 0.25) is 0 Å². The second kappa shape index (κ2) is 5.93. The molecule has 2 heterocycles. The number of aryl methyl sites for hydroxylation is 1. The van der Waals surface area contributed by atoms with Crippen molar-refractivity contribution >= 4 is 5.97 Å². The van der Waals surface area contributed by atoms with Crippen molar-refractivity contribution in [2.45, 2.75) is 25.9 Å². The van der Waals surface area contributed by atoms with Gasteiger partial charge in [0.25, 0.3) is 0 Å². The molecule has 1 aromatic carbocycles. The lowest BCUT2D eigenvalue weighted by Crippen LogP contribution is -2.45. The third-order valence-electron chi connectivity index (χ3n) is 4.22. The molecular weight excluding hydrogens is 270 g/mol. The number of carboxylic acid groups (broad SMARTS) is 1. The molecule has 2 aliphatic rings. The highest BCUT2D eigenvalue weighted by Gasteiger charge is 2.28. The predicted octanol–water partition coefficient (Wildman–Crippen LogP) is 1.93. The van der Waals surface area contributed by atoms with E-state index in [0.717, 1.165) is 49.5 Å². The van der Waals surface area contributed by atoms with Crippen molar-refractivity contribution in [2.75, 3.05) is 26.2 Å². The van der Waals surface area contributed by atoms with Gasteiger partial charge in [-0.3, -0.25) is 9.69 Å². The van der Waals surface area contributed by atoms with Gasteiger partial charge >= 0.3 is 5.97 Å². The molecule has 0 spiro atoms. The Morgan fingerprint density at radius 1 is 1.33 bits per heavy atom. The van der Waals surface area contributed by atoms with Crippen LogP contribution < -0.4 is 9.47 Å². The highest BCUT2D eigenvalue weighted by molar-refractivity contribution is 5.70. The summed E-state index contributed by atoms with van der Waals surface area (Å²) >= 11 is 0. The van der Waals surface area contributed by atoms with Gasteiger partial charge in [-0.05, 0) is 50.6 Å². The smallest absolute Gasteiger partial charge is 0.306 e. The molecule has 114 valence electrons. The van der Waals surface area contributed by atoms with Gasteiger partial charge < -0.3 is 14.6 Å². The first-order chi connectivity index (χ1) is 10.1. The number of hydrogen-bond acceptors (Lipinski definition) is 4. The van der Waals surface area contributed by atoms with Gasteiger partial charge in [0.1, 0.15) is 12.7 Å². The highest BCUT2D eigenvalue weighted by Crippen LogP contribution is 2.32. The summed E-state index contributed by atoms with van der Waals surface area (Å²) in [6.07, 6.45) is 1.46. The second-order valence-corrected chi connectivity index (χ2v) is 5.91. The fourth-order valence-corrected chi connectivity index (χ4v) is 2.96. The molecule has 1 unspecified atom stereocenters. The standard InChI is InChI=1S/C16H21NO4/c1-11-2-3-14-15(8-11)20-10-13(21-14)9-17-6-4-12(5-7-17)16(18)19/h2-3,8,12-13H,4-7,9-10H2,1H3,(H,18,19). The summed E-state index contributed by atoms with van der Waals surface area (Å²) in [4.78, 5) is 13.2. The molecule has 0 bridgehead atoms. The number of carboxylic acids is 1. The van der Waals surface area contributed by atoms with Gasteiger partial charge in [-0.2, -0.15) is 0 Å². The normalized spacial score (nSPS) is 23.0. The summed E-state index contributed by atoms with van der Waals surface area (Å²) in [5.74, 6) is 0.762. The maximum Gasteiger partial charge on any atom is 0.306 e. The molecule has 1 fully saturated rings. The Labute approximate surface area is 124 Å². The number of benzene rings is 1. The average Bonchev–Trinajstić information content (AvgIpc) is 2.48. The third kappa shape index (κ3) is 3.29. The molecule has 0 saturated carbocycles. The molecule has 2 aliphatic heterocycles. The van der Waals surface area contributed by atoms with Crippen LogP contribution in [-0.2, 0) is 4.79 Å². The monoisotopic (exact) mass is 291 g/mol. The molecule has 1 saturated heterocycles. The Balaban J connectivity index is 1.53. The van der Waals surface area contributed by atoms with E-state index in [9.17, 15) is 4.79 Å². The van der Waals surface area contributed by atoms with Crippen LogP contribution in [0.5, 0.6) is 11.5 Å². The minimum Gasteiger partial charge on any atom is -0.486 e. The van der Waals surface area contributed by atoms with Crippen LogP contribution in [0.25, 0.3) is 0 Å². The summed E-state index contributed by atoms with van der Waals surface area (Å²) in [6.45, 7) is 5.01. The van der Waals surface area contributed by atoms with E-state index in [0.29, 0.717) is 6.61 Å². The number of hydrogen-bond donors (Lipinski definition) is 1. The zero-order valence-electron chi connectivity index (χ0n) is 12.2. The maximum atomic E-state index is 11.0. The zero-order valence-corrected chi connectivity index (χ0v) is 12.2. The van der Waals surface area contributed by atoms with Crippen LogP contribution in [0.3, 0.4) is 0 Å². The topological polar surface area (TPSA) is 59.0 Å². The molecule has 21 heavy (non-hydrogen) atoms. The molecule has 0 aliphatic carbocycles. The minimum absolute atomic E-state index is 0.0154. The molecule has 0 amide bonds. The third-order valence-corrected chi connectivity index (χ3v) is 4.22. The van der Waals surface area contributed by atoms with Crippen LogP contribution in [0, 0.1) is 12.8 Å². The van der Waals surface area contributed by atoms with Gasteiger partial charge in [0.05, 0.1) is 5.92 Å². The van der Waals surface area contributed by atoms with Crippen LogP contribution in [0.15, 0.2) is 18.2 Å². The minimum atomic E-state index is -0.670. The van der Waals surface area contributed by atoms with Gasteiger partial charge in [0, 0.05) is 6.54 Å². The van der Waals surface area contributed by atoms with E-state index in [4.69, 9.17) is 14.6 Å². The Morgan fingerprint density at radius 2 is 2.10 bits per heavy atom.